The standard InChI is InChI=1S/C15H28N4O/c1-4-7-10-20-11-8-9-17-15-13(5-2)14(16-6-3)18-12-19-15/h12H,4-11H2,1-3H3,(H2,16,17,18,19). The van der Waals surface area contributed by atoms with Crippen molar-refractivity contribution < 1.29 is 4.74 Å². The Morgan fingerprint density at radius 2 is 1.70 bits per heavy atom. The Bertz CT molecular complexity index is 371. The molecule has 0 spiro atoms. The van der Waals surface area contributed by atoms with Crippen molar-refractivity contribution in [3.05, 3.63) is 11.9 Å². The van der Waals surface area contributed by atoms with Gasteiger partial charge in [-0.15, -0.1) is 0 Å². The van der Waals surface area contributed by atoms with Crippen LogP contribution in [-0.4, -0.2) is 36.3 Å². The van der Waals surface area contributed by atoms with E-state index >= 15 is 0 Å². The predicted molar refractivity (Wildman–Crippen MR) is 84.4 cm³/mol. The Morgan fingerprint density at radius 3 is 2.35 bits per heavy atom. The third-order valence-corrected chi connectivity index (χ3v) is 3.04. The van der Waals surface area contributed by atoms with Gasteiger partial charge in [-0.1, -0.05) is 20.3 Å². The van der Waals surface area contributed by atoms with Crippen LogP contribution in [0.15, 0.2) is 6.33 Å². The second kappa shape index (κ2) is 10.4. The van der Waals surface area contributed by atoms with E-state index in [2.05, 4.69) is 41.4 Å². The van der Waals surface area contributed by atoms with Gasteiger partial charge in [-0.25, -0.2) is 9.97 Å². The molecule has 0 aliphatic carbocycles. The Balaban J connectivity index is 2.37. The Hall–Kier alpha value is -1.36. The zero-order chi connectivity index (χ0) is 14.6. The molecule has 20 heavy (non-hydrogen) atoms. The van der Waals surface area contributed by atoms with Gasteiger partial charge in [-0.2, -0.15) is 0 Å². The lowest BCUT2D eigenvalue weighted by atomic mass is 10.2. The molecular weight excluding hydrogens is 252 g/mol. The first-order chi connectivity index (χ1) is 9.83. The van der Waals surface area contributed by atoms with Crippen LogP contribution in [0.2, 0.25) is 0 Å². The summed E-state index contributed by atoms with van der Waals surface area (Å²) in [6, 6.07) is 0. The molecule has 1 aromatic heterocycles. The van der Waals surface area contributed by atoms with Crippen molar-refractivity contribution in [2.24, 2.45) is 0 Å². The van der Waals surface area contributed by atoms with Gasteiger partial charge in [-0.3, -0.25) is 0 Å². The van der Waals surface area contributed by atoms with E-state index in [-0.39, 0.29) is 0 Å². The minimum Gasteiger partial charge on any atom is -0.381 e. The summed E-state index contributed by atoms with van der Waals surface area (Å²) in [5.74, 6) is 1.87. The van der Waals surface area contributed by atoms with Crippen LogP contribution in [0, 0.1) is 0 Å². The van der Waals surface area contributed by atoms with E-state index in [1.807, 2.05) is 0 Å². The highest BCUT2D eigenvalue weighted by Crippen LogP contribution is 2.20. The maximum absolute atomic E-state index is 5.55. The molecule has 0 bridgehead atoms. The van der Waals surface area contributed by atoms with E-state index in [1.54, 1.807) is 6.33 Å². The molecule has 1 heterocycles. The van der Waals surface area contributed by atoms with Crippen LogP contribution in [0.1, 0.15) is 45.6 Å². The quantitative estimate of drug-likeness (QED) is 0.610. The van der Waals surface area contributed by atoms with Crippen molar-refractivity contribution in [3.63, 3.8) is 0 Å². The van der Waals surface area contributed by atoms with Crippen LogP contribution >= 0.6 is 0 Å². The van der Waals surface area contributed by atoms with Crippen molar-refractivity contribution in [1.29, 1.82) is 0 Å². The summed E-state index contributed by atoms with van der Waals surface area (Å²) in [5, 5.41) is 6.66. The van der Waals surface area contributed by atoms with Crippen LogP contribution < -0.4 is 10.6 Å². The number of hydrogen-bond acceptors (Lipinski definition) is 5. The van der Waals surface area contributed by atoms with E-state index in [4.69, 9.17) is 4.74 Å². The first-order valence-electron chi connectivity index (χ1n) is 7.72. The molecule has 0 fully saturated rings. The minimum absolute atomic E-state index is 0.805. The zero-order valence-electron chi connectivity index (χ0n) is 13.0. The van der Waals surface area contributed by atoms with E-state index in [1.165, 1.54) is 6.42 Å². The van der Waals surface area contributed by atoms with Gasteiger partial charge in [-0.05, 0) is 26.2 Å². The first-order valence-corrected chi connectivity index (χ1v) is 7.72. The van der Waals surface area contributed by atoms with Crippen molar-refractivity contribution in [3.8, 4) is 0 Å². The molecule has 114 valence electrons. The first kappa shape index (κ1) is 16.7. The predicted octanol–water partition coefficient (Wildman–Crippen LogP) is 3.09. The molecule has 0 atom stereocenters. The lowest BCUT2D eigenvalue weighted by molar-refractivity contribution is 0.131. The summed E-state index contributed by atoms with van der Waals surface area (Å²) in [5.41, 5.74) is 1.15. The molecule has 5 nitrogen and oxygen atoms in total. The fourth-order valence-electron chi connectivity index (χ4n) is 1.95. The highest BCUT2D eigenvalue weighted by atomic mass is 16.5. The van der Waals surface area contributed by atoms with Gasteiger partial charge in [0.2, 0.25) is 0 Å². The van der Waals surface area contributed by atoms with Crippen LogP contribution in [0.5, 0.6) is 0 Å². The highest BCUT2D eigenvalue weighted by molar-refractivity contribution is 5.57. The Labute approximate surface area is 122 Å². The molecule has 0 saturated carbocycles. The maximum atomic E-state index is 5.55. The fourth-order valence-corrected chi connectivity index (χ4v) is 1.95. The van der Waals surface area contributed by atoms with Gasteiger partial charge < -0.3 is 15.4 Å². The number of ether oxygens (including phenoxy) is 1. The van der Waals surface area contributed by atoms with Crippen LogP contribution in [0.4, 0.5) is 11.6 Å². The maximum Gasteiger partial charge on any atom is 0.134 e. The number of aromatic nitrogens is 2. The Morgan fingerprint density at radius 1 is 1.00 bits per heavy atom. The fraction of sp³-hybridized carbons (Fsp3) is 0.733. The van der Waals surface area contributed by atoms with E-state index in [0.717, 1.165) is 62.8 Å². The van der Waals surface area contributed by atoms with Gasteiger partial charge in [0.25, 0.3) is 0 Å². The number of nitrogens with zero attached hydrogens (tertiary/aromatic N) is 2. The summed E-state index contributed by atoms with van der Waals surface area (Å²) < 4.78 is 5.55. The number of nitrogens with one attached hydrogen (secondary N) is 2. The summed E-state index contributed by atoms with van der Waals surface area (Å²) in [6.45, 7) is 9.79. The number of rotatable bonds is 11. The highest BCUT2D eigenvalue weighted by Gasteiger charge is 2.08. The summed E-state index contributed by atoms with van der Waals surface area (Å²) in [6.07, 6.45) is 5.85. The normalized spacial score (nSPS) is 10.6. The average Bonchev–Trinajstić information content (AvgIpc) is 2.47. The monoisotopic (exact) mass is 280 g/mol. The summed E-state index contributed by atoms with van der Waals surface area (Å²) in [4.78, 5) is 8.63. The SMILES string of the molecule is CCCCOCCCNc1ncnc(NCC)c1CC. The molecule has 1 rings (SSSR count). The Kier molecular flexibility index (Phi) is 8.71. The third kappa shape index (κ3) is 5.74. The molecule has 0 amide bonds. The third-order valence-electron chi connectivity index (χ3n) is 3.04. The number of unbranched alkanes of at least 4 members (excludes halogenated alkanes) is 1. The minimum atomic E-state index is 0.805. The van der Waals surface area contributed by atoms with Crippen molar-refractivity contribution in [2.45, 2.75) is 46.5 Å². The van der Waals surface area contributed by atoms with Gasteiger partial charge in [0.1, 0.15) is 18.0 Å². The molecule has 0 aromatic carbocycles. The molecule has 1 aromatic rings. The topological polar surface area (TPSA) is 59.1 Å². The van der Waals surface area contributed by atoms with Crippen LogP contribution in [-0.2, 0) is 11.2 Å². The zero-order valence-corrected chi connectivity index (χ0v) is 13.0. The average molecular weight is 280 g/mol. The molecule has 2 N–H and O–H groups in total. The van der Waals surface area contributed by atoms with Gasteiger partial charge in [0.15, 0.2) is 0 Å². The van der Waals surface area contributed by atoms with E-state index in [0.29, 0.717) is 0 Å². The van der Waals surface area contributed by atoms with Crippen molar-refractivity contribution in [1.82, 2.24) is 9.97 Å². The summed E-state index contributed by atoms with van der Waals surface area (Å²) in [7, 11) is 0. The molecule has 0 radical (unpaired) electrons. The van der Waals surface area contributed by atoms with Crippen molar-refractivity contribution in [2.75, 3.05) is 36.9 Å². The molecule has 0 aliphatic heterocycles. The van der Waals surface area contributed by atoms with Crippen LogP contribution in [0.3, 0.4) is 0 Å². The smallest absolute Gasteiger partial charge is 0.134 e. The van der Waals surface area contributed by atoms with Gasteiger partial charge in [0, 0.05) is 31.9 Å². The van der Waals surface area contributed by atoms with Crippen molar-refractivity contribution >= 4 is 11.6 Å². The van der Waals surface area contributed by atoms with Gasteiger partial charge in [0.05, 0.1) is 0 Å². The molecule has 0 aliphatic rings. The van der Waals surface area contributed by atoms with Crippen LogP contribution in [0.25, 0.3) is 0 Å². The molecular formula is C15H28N4O. The largest absolute Gasteiger partial charge is 0.381 e. The molecule has 0 unspecified atom stereocenters. The lowest BCUT2D eigenvalue weighted by Gasteiger charge is -2.13. The molecule has 5 heteroatoms. The summed E-state index contributed by atoms with van der Waals surface area (Å²) >= 11 is 0. The van der Waals surface area contributed by atoms with E-state index in [9.17, 15) is 0 Å². The van der Waals surface area contributed by atoms with Gasteiger partial charge >= 0.3 is 0 Å². The molecule has 0 saturated heterocycles. The number of hydrogen-bond donors (Lipinski definition) is 2. The second-order valence-corrected chi connectivity index (χ2v) is 4.68. The second-order valence-electron chi connectivity index (χ2n) is 4.68. The lowest BCUT2D eigenvalue weighted by Crippen LogP contribution is -2.12. The number of anilines is 2. The van der Waals surface area contributed by atoms with E-state index < -0.39 is 0 Å².